The summed E-state index contributed by atoms with van der Waals surface area (Å²) in [7, 11) is 1.26. The molecule has 0 bridgehead atoms. The summed E-state index contributed by atoms with van der Waals surface area (Å²) in [5, 5.41) is 5.18. The number of nitrogens with two attached hydrogens (primary N) is 1. The van der Waals surface area contributed by atoms with Crippen molar-refractivity contribution in [3.63, 3.8) is 0 Å². The van der Waals surface area contributed by atoms with Crippen LogP contribution in [-0.2, 0) is 19.1 Å². The van der Waals surface area contributed by atoms with Gasteiger partial charge in [-0.25, -0.2) is 9.59 Å². The lowest BCUT2D eigenvalue weighted by molar-refractivity contribution is -0.143. The molecule has 0 radical (unpaired) electrons. The standard InChI is InChI=1S/C15H29N3O5/c1-10(16)12(19)17-9-7-6-8-11(13(20)22-5)18-14(21)23-15(2,3)4/h10-11H,6-9,16H2,1-5H3,(H,17,19)(H,18,21). The molecule has 134 valence electrons. The molecule has 8 nitrogen and oxygen atoms in total. The average molecular weight is 331 g/mol. The van der Waals surface area contributed by atoms with Crippen LogP contribution in [0.2, 0.25) is 0 Å². The third-order valence-corrected chi connectivity index (χ3v) is 2.81. The number of esters is 1. The number of nitrogens with one attached hydrogen (secondary N) is 2. The Kier molecular flexibility index (Phi) is 9.24. The minimum absolute atomic E-state index is 0.221. The second kappa shape index (κ2) is 10.0. The summed E-state index contributed by atoms with van der Waals surface area (Å²) in [5.41, 5.74) is 4.78. The van der Waals surface area contributed by atoms with E-state index in [0.717, 1.165) is 0 Å². The van der Waals surface area contributed by atoms with Crippen molar-refractivity contribution in [3.8, 4) is 0 Å². The quantitative estimate of drug-likeness (QED) is 0.444. The minimum atomic E-state index is -0.779. The Labute approximate surface area is 137 Å². The van der Waals surface area contributed by atoms with Gasteiger partial charge in [-0.1, -0.05) is 0 Å². The van der Waals surface area contributed by atoms with Crippen LogP contribution in [0.15, 0.2) is 0 Å². The largest absolute Gasteiger partial charge is 0.467 e. The number of amides is 2. The highest BCUT2D eigenvalue weighted by Gasteiger charge is 2.24. The highest BCUT2D eigenvalue weighted by atomic mass is 16.6. The molecule has 0 aliphatic rings. The number of hydrogen-bond donors (Lipinski definition) is 3. The summed E-state index contributed by atoms with van der Waals surface area (Å²) in [6, 6.07) is -1.33. The fourth-order valence-corrected chi connectivity index (χ4v) is 1.69. The molecule has 0 aromatic heterocycles. The average Bonchev–Trinajstić information content (AvgIpc) is 2.42. The van der Waals surface area contributed by atoms with Crippen LogP contribution >= 0.6 is 0 Å². The van der Waals surface area contributed by atoms with Crippen LogP contribution < -0.4 is 16.4 Å². The summed E-state index contributed by atoms with van der Waals surface area (Å²) in [6.07, 6.45) is 0.995. The molecule has 0 aromatic rings. The van der Waals surface area contributed by atoms with Gasteiger partial charge in [-0.15, -0.1) is 0 Å². The van der Waals surface area contributed by atoms with Crippen LogP contribution in [0.3, 0.4) is 0 Å². The van der Waals surface area contributed by atoms with Crippen molar-refractivity contribution in [3.05, 3.63) is 0 Å². The number of unbranched alkanes of at least 4 members (excludes halogenated alkanes) is 1. The molecule has 23 heavy (non-hydrogen) atoms. The van der Waals surface area contributed by atoms with Gasteiger partial charge in [-0.2, -0.15) is 0 Å². The molecule has 0 aromatic carbocycles. The first kappa shape index (κ1) is 21.2. The molecular formula is C15H29N3O5. The summed E-state index contributed by atoms with van der Waals surface area (Å²) in [6.45, 7) is 7.27. The molecule has 0 rings (SSSR count). The number of hydrogen-bond acceptors (Lipinski definition) is 6. The van der Waals surface area contributed by atoms with Crippen molar-refractivity contribution in [2.45, 2.75) is 64.6 Å². The van der Waals surface area contributed by atoms with Gasteiger partial charge >= 0.3 is 12.1 Å². The van der Waals surface area contributed by atoms with Gasteiger partial charge in [0, 0.05) is 6.54 Å². The molecule has 8 heteroatoms. The summed E-state index contributed by atoms with van der Waals surface area (Å²) >= 11 is 0. The number of methoxy groups -OCH3 is 1. The third-order valence-electron chi connectivity index (χ3n) is 2.81. The van der Waals surface area contributed by atoms with E-state index in [1.54, 1.807) is 27.7 Å². The predicted molar refractivity (Wildman–Crippen MR) is 85.7 cm³/mol. The summed E-state index contributed by atoms with van der Waals surface area (Å²) < 4.78 is 9.79. The van der Waals surface area contributed by atoms with Crippen LogP contribution in [-0.4, -0.2) is 49.3 Å². The molecular weight excluding hydrogens is 302 g/mol. The summed E-state index contributed by atoms with van der Waals surface area (Å²) in [4.78, 5) is 34.7. The fourth-order valence-electron chi connectivity index (χ4n) is 1.69. The van der Waals surface area contributed by atoms with Gasteiger partial charge in [0.25, 0.3) is 0 Å². The zero-order valence-corrected chi connectivity index (χ0v) is 14.6. The highest BCUT2D eigenvalue weighted by Crippen LogP contribution is 2.08. The molecule has 2 atom stereocenters. The van der Waals surface area contributed by atoms with Gasteiger partial charge in [-0.3, -0.25) is 4.79 Å². The number of alkyl carbamates (subject to hydrolysis) is 1. The third kappa shape index (κ3) is 10.5. The Morgan fingerprint density at radius 2 is 1.78 bits per heavy atom. The fraction of sp³-hybridized carbons (Fsp3) is 0.800. The second-order valence-electron chi connectivity index (χ2n) is 6.30. The smallest absolute Gasteiger partial charge is 0.408 e. The van der Waals surface area contributed by atoms with Gasteiger partial charge in [0.1, 0.15) is 11.6 Å². The Balaban J connectivity index is 4.24. The minimum Gasteiger partial charge on any atom is -0.467 e. The van der Waals surface area contributed by atoms with E-state index < -0.39 is 29.7 Å². The van der Waals surface area contributed by atoms with E-state index in [1.165, 1.54) is 7.11 Å². The van der Waals surface area contributed by atoms with Crippen LogP contribution in [0.1, 0.15) is 47.0 Å². The predicted octanol–water partition coefficient (Wildman–Crippen LogP) is 0.686. The van der Waals surface area contributed by atoms with E-state index >= 15 is 0 Å². The monoisotopic (exact) mass is 331 g/mol. The van der Waals surface area contributed by atoms with Crippen molar-refractivity contribution in [1.29, 1.82) is 0 Å². The molecule has 0 saturated heterocycles. The Morgan fingerprint density at radius 1 is 1.17 bits per heavy atom. The lowest BCUT2D eigenvalue weighted by Gasteiger charge is -2.22. The Hall–Kier alpha value is -1.83. The summed E-state index contributed by atoms with van der Waals surface area (Å²) in [5.74, 6) is -0.753. The van der Waals surface area contributed by atoms with E-state index in [0.29, 0.717) is 25.8 Å². The maximum Gasteiger partial charge on any atom is 0.408 e. The van der Waals surface area contributed by atoms with Gasteiger partial charge in [0.05, 0.1) is 13.2 Å². The first-order valence-electron chi connectivity index (χ1n) is 7.67. The van der Waals surface area contributed by atoms with Crippen molar-refractivity contribution in [2.24, 2.45) is 5.73 Å². The topological polar surface area (TPSA) is 120 Å². The van der Waals surface area contributed by atoms with E-state index in [-0.39, 0.29) is 5.91 Å². The molecule has 0 aliphatic carbocycles. The number of carbonyl (C=O) groups is 3. The normalized spacial score (nSPS) is 13.7. The maximum absolute atomic E-state index is 11.7. The van der Waals surface area contributed by atoms with Gasteiger partial charge in [-0.05, 0) is 47.0 Å². The van der Waals surface area contributed by atoms with E-state index in [4.69, 9.17) is 10.5 Å². The number of ether oxygens (including phenoxy) is 2. The van der Waals surface area contributed by atoms with Crippen LogP contribution in [0.25, 0.3) is 0 Å². The van der Waals surface area contributed by atoms with Gasteiger partial charge < -0.3 is 25.8 Å². The van der Waals surface area contributed by atoms with Crippen LogP contribution in [0.5, 0.6) is 0 Å². The van der Waals surface area contributed by atoms with E-state index in [1.807, 2.05) is 0 Å². The number of carbonyl (C=O) groups excluding carboxylic acids is 3. The van der Waals surface area contributed by atoms with E-state index in [2.05, 4.69) is 15.4 Å². The molecule has 0 fully saturated rings. The molecule has 4 N–H and O–H groups in total. The van der Waals surface area contributed by atoms with Crippen LogP contribution in [0.4, 0.5) is 4.79 Å². The lowest BCUT2D eigenvalue weighted by atomic mass is 10.1. The van der Waals surface area contributed by atoms with Gasteiger partial charge in [0.2, 0.25) is 5.91 Å². The van der Waals surface area contributed by atoms with Gasteiger partial charge in [0.15, 0.2) is 0 Å². The second-order valence-corrected chi connectivity index (χ2v) is 6.30. The number of rotatable bonds is 8. The first-order chi connectivity index (χ1) is 10.6. The molecule has 2 unspecified atom stereocenters. The first-order valence-corrected chi connectivity index (χ1v) is 7.67. The van der Waals surface area contributed by atoms with Crippen molar-refractivity contribution in [2.75, 3.05) is 13.7 Å². The van der Waals surface area contributed by atoms with Crippen molar-refractivity contribution in [1.82, 2.24) is 10.6 Å². The molecule has 0 saturated carbocycles. The molecule has 0 heterocycles. The van der Waals surface area contributed by atoms with Crippen molar-refractivity contribution < 1.29 is 23.9 Å². The zero-order valence-electron chi connectivity index (χ0n) is 14.6. The van der Waals surface area contributed by atoms with E-state index in [9.17, 15) is 14.4 Å². The highest BCUT2D eigenvalue weighted by molar-refractivity contribution is 5.81. The van der Waals surface area contributed by atoms with Crippen molar-refractivity contribution >= 4 is 18.0 Å². The molecule has 0 spiro atoms. The lowest BCUT2D eigenvalue weighted by Crippen LogP contribution is -2.44. The Bertz CT molecular complexity index is 404. The molecule has 2 amide bonds. The Morgan fingerprint density at radius 3 is 2.26 bits per heavy atom. The SMILES string of the molecule is COC(=O)C(CCCCNC(=O)C(C)N)NC(=O)OC(C)(C)C. The van der Waals surface area contributed by atoms with Crippen LogP contribution in [0, 0.1) is 0 Å². The zero-order chi connectivity index (χ0) is 18.0. The molecule has 0 aliphatic heterocycles. The maximum atomic E-state index is 11.7.